The van der Waals surface area contributed by atoms with Crippen molar-refractivity contribution in [1.29, 1.82) is 0 Å². The van der Waals surface area contributed by atoms with Gasteiger partial charge < -0.3 is 10.2 Å². The van der Waals surface area contributed by atoms with E-state index in [1.165, 1.54) is 35.4 Å². The van der Waals surface area contributed by atoms with E-state index < -0.39 is 41.5 Å². The van der Waals surface area contributed by atoms with Crippen molar-refractivity contribution in [2.75, 3.05) is 19.6 Å². The van der Waals surface area contributed by atoms with Crippen LogP contribution in [0.15, 0.2) is 102 Å². The molecule has 17 heteroatoms. The zero-order valence-electron chi connectivity index (χ0n) is 27.4. The number of rotatable bonds is 7. The molecule has 0 atom stereocenters. The second-order valence-corrected chi connectivity index (χ2v) is 11.6. The van der Waals surface area contributed by atoms with Crippen molar-refractivity contribution in [2.24, 2.45) is 4.99 Å². The summed E-state index contributed by atoms with van der Waals surface area (Å²) in [5, 5.41) is 14.2. The van der Waals surface area contributed by atoms with Gasteiger partial charge in [-0.05, 0) is 71.5 Å². The van der Waals surface area contributed by atoms with Crippen molar-refractivity contribution >= 4 is 23.7 Å². The van der Waals surface area contributed by atoms with E-state index in [2.05, 4.69) is 34.1 Å². The van der Waals surface area contributed by atoms with Crippen LogP contribution < -0.4 is 0 Å². The third kappa shape index (κ3) is 10.0. The lowest BCUT2D eigenvalue weighted by Crippen LogP contribution is -2.43. The fourth-order valence-corrected chi connectivity index (χ4v) is 5.58. The molecule has 0 spiro atoms. The molecule has 2 N–H and O–H groups in total. The Bertz CT molecular complexity index is 1850. The van der Waals surface area contributed by atoms with Gasteiger partial charge in [0, 0.05) is 32.4 Å². The highest BCUT2D eigenvalue weighted by Gasteiger charge is 2.51. The highest BCUT2D eigenvalue weighted by atomic mass is 19.4. The van der Waals surface area contributed by atoms with Crippen LogP contribution in [0.3, 0.4) is 0 Å². The topological polar surface area (TPSA) is 123 Å². The van der Waals surface area contributed by atoms with Crippen LogP contribution in [0.2, 0.25) is 0 Å². The maximum Gasteiger partial charge on any atom is 0.490 e. The quantitative estimate of drug-likeness (QED) is 0.204. The van der Waals surface area contributed by atoms with Gasteiger partial charge in [-0.2, -0.15) is 26.3 Å². The SMILES string of the molecule is O=C(O)C(F)(F)F.O=C(O)C(F)(F)F.O=C1N(CCCN2CCc3ccccc3C2)C(c2ccccn2)=NC1(c1ccc(F)cc1)c1ccc(F)cc1. The van der Waals surface area contributed by atoms with Crippen LogP contribution in [-0.2, 0) is 32.9 Å². The molecular formula is C36H30F8N4O5. The highest BCUT2D eigenvalue weighted by Crippen LogP contribution is 2.41. The minimum atomic E-state index is -5.08. The maximum absolute atomic E-state index is 14.4. The van der Waals surface area contributed by atoms with Gasteiger partial charge >= 0.3 is 24.3 Å². The van der Waals surface area contributed by atoms with E-state index in [4.69, 9.17) is 24.8 Å². The Kier molecular flexibility index (Phi) is 12.7. The Morgan fingerprint density at radius 2 is 1.21 bits per heavy atom. The van der Waals surface area contributed by atoms with Gasteiger partial charge in [-0.3, -0.25) is 19.6 Å². The first kappa shape index (κ1) is 40.1. The van der Waals surface area contributed by atoms with Crippen LogP contribution in [0.1, 0.15) is 34.4 Å². The fourth-order valence-electron chi connectivity index (χ4n) is 5.58. The minimum Gasteiger partial charge on any atom is -0.475 e. The molecule has 280 valence electrons. The zero-order valence-corrected chi connectivity index (χ0v) is 27.4. The fraction of sp³-hybridized carbons (Fsp3) is 0.250. The number of carbonyl (C=O) groups excluding carboxylic acids is 1. The van der Waals surface area contributed by atoms with Gasteiger partial charge in [0.05, 0.1) is 0 Å². The number of nitrogens with zero attached hydrogens (tertiary/aromatic N) is 4. The first-order valence-electron chi connectivity index (χ1n) is 15.7. The van der Waals surface area contributed by atoms with E-state index >= 15 is 0 Å². The summed E-state index contributed by atoms with van der Waals surface area (Å²) in [7, 11) is 0. The summed E-state index contributed by atoms with van der Waals surface area (Å²) in [6.45, 7) is 3.13. The summed E-state index contributed by atoms with van der Waals surface area (Å²) in [5.74, 6) is -6.14. The van der Waals surface area contributed by atoms with Gasteiger partial charge in [0.25, 0.3) is 5.91 Å². The number of amidine groups is 1. The van der Waals surface area contributed by atoms with Crippen molar-refractivity contribution in [3.05, 3.63) is 137 Å². The zero-order chi connectivity index (χ0) is 39.0. The summed E-state index contributed by atoms with van der Waals surface area (Å²) in [5.41, 5.74) is 2.88. The Balaban J connectivity index is 0.000000381. The Morgan fingerprint density at radius 1 is 0.717 bits per heavy atom. The molecule has 0 saturated carbocycles. The molecule has 0 bridgehead atoms. The molecule has 3 aromatic carbocycles. The molecule has 0 fully saturated rings. The van der Waals surface area contributed by atoms with Crippen LogP contribution in [0.5, 0.6) is 0 Å². The number of carboxylic acid groups (broad SMARTS) is 2. The molecule has 0 aliphatic carbocycles. The minimum absolute atomic E-state index is 0.259. The van der Waals surface area contributed by atoms with Crippen molar-refractivity contribution < 1.29 is 59.7 Å². The molecule has 3 heterocycles. The van der Waals surface area contributed by atoms with Crippen LogP contribution >= 0.6 is 0 Å². The normalized spacial score (nSPS) is 15.3. The van der Waals surface area contributed by atoms with Gasteiger partial charge in [-0.1, -0.05) is 54.6 Å². The van der Waals surface area contributed by atoms with Crippen LogP contribution in [-0.4, -0.2) is 80.7 Å². The lowest BCUT2D eigenvalue weighted by Gasteiger charge is -2.30. The molecule has 53 heavy (non-hydrogen) atoms. The van der Waals surface area contributed by atoms with E-state index in [-0.39, 0.29) is 5.91 Å². The van der Waals surface area contributed by atoms with Gasteiger partial charge in [0.1, 0.15) is 17.3 Å². The predicted octanol–water partition coefficient (Wildman–Crippen LogP) is 6.61. The van der Waals surface area contributed by atoms with Gasteiger partial charge in [-0.15, -0.1) is 0 Å². The number of aliphatic imine (C=N–C) groups is 1. The molecule has 0 unspecified atom stereocenters. The van der Waals surface area contributed by atoms with Crippen LogP contribution in [0, 0.1) is 11.6 Å². The number of carbonyl (C=O) groups is 3. The summed E-state index contributed by atoms with van der Waals surface area (Å²) < 4.78 is 91.3. The molecule has 9 nitrogen and oxygen atoms in total. The van der Waals surface area contributed by atoms with Gasteiger partial charge in [-0.25, -0.2) is 23.4 Å². The number of aromatic nitrogens is 1. The molecule has 1 amide bonds. The van der Waals surface area contributed by atoms with E-state index in [9.17, 15) is 39.9 Å². The van der Waals surface area contributed by atoms with E-state index in [1.807, 2.05) is 18.2 Å². The molecule has 1 aromatic heterocycles. The van der Waals surface area contributed by atoms with Gasteiger partial charge in [0.15, 0.2) is 11.4 Å². The number of aliphatic carboxylic acids is 2. The lowest BCUT2D eigenvalue weighted by atomic mass is 9.82. The molecule has 2 aliphatic rings. The van der Waals surface area contributed by atoms with Crippen molar-refractivity contribution in [3.8, 4) is 0 Å². The van der Waals surface area contributed by atoms with Crippen molar-refractivity contribution in [3.63, 3.8) is 0 Å². The number of hydrogen-bond donors (Lipinski definition) is 2. The lowest BCUT2D eigenvalue weighted by molar-refractivity contribution is -0.193. The summed E-state index contributed by atoms with van der Waals surface area (Å²) in [4.78, 5) is 45.8. The largest absolute Gasteiger partial charge is 0.490 e. The highest BCUT2D eigenvalue weighted by molar-refractivity contribution is 6.16. The number of carboxylic acids is 2. The predicted molar refractivity (Wildman–Crippen MR) is 173 cm³/mol. The Hall–Kier alpha value is -5.71. The average molecular weight is 751 g/mol. The summed E-state index contributed by atoms with van der Waals surface area (Å²) >= 11 is 0. The van der Waals surface area contributed by atoms with Crippen molar-refractivity contribution in [2.45, 2.75) is 37.3 Å². The molecule has 0 radical (unpaired) electrons. The first-order valence-corrected chi connectivity index (χ1v) is 15.7. The van der Waals surface area contributed by atoms with E-state index in [1.54, 1.807) is 35.4 Å². The summed E-state index contributed by atoms with van der Waals surface area (Å²) in [6.07, 6.45) is -6.75. The molecule has 4 aromatic rings. The van der Waals surface area contributed by atoms with Crippen LogP contribution in [0.25, 0.3) is 0 Å². The van der Waals surface area contributed by atoms with Gasteiger partial charge in [0.2, 0.25) is 0 Å². The first-order chi connectivity index (χ1) is 24.9. The Morgan fingerprint density at radius 3 is 1.68 bits per heavy atom. The standard InChI is InChI=1S/C32H28F2N4O.2C2HF3O2/c33-27-13-9-25(10-14-27)32(26-11-15-28(34)16-12-26)31(39)38(30(36-32)29-8-3-4-18-35-29)20-5-19-37-21-17-23-6-1-2-7-24(23)22-37;2*3-2(4,5)1(6)7/h1-4,6-16,18H,5,17,19-22H2;2*(H,6,7). The Labute approximate surface area is 296 Å². The second-order valence-electron chi connectivity index (χ2n) is 11.6. The monoisotopic (exact) mass is 750 g/mol. The maximum atomic E-state index is 14.4. The number of pyridine rings is 1. The number of amides is 1. The molecule has 0 saturated heterocycles. The number of fused-ring (bicyclic) bond motifs is 1. The second kappa shape index (κ2) is 16.8. The third-order valence-electron chi connectivity index (χ3n) is 8.05. The van der Waals surface area contributed by atoms with E-state index in [0.29, 0.717) is 29.2 Å². The van der Waals surface area contributed by atoms with Crippen LogP contribution in [0.4, 0.5) is 35.1 Å². The third-order valence-corrected chi connectivity index (χ3v) is 8.05. The number of halogens is 8. The summed E-state index contributed by atoms with van der Waals surface area (Å²) in [6, 6.07) is 25.6. The number of hydrogen-bond acceptors (Lipinski definition) is 6. The number of alkyl halides is 6. The molecule has 6 rings (SSSR count). The molecular weight excluding hydrogens is 720 g/mol. The van der Waals surface area contributed by atoms with E-state index in [0.717, 1.165) is 32.5 Å². The average Bonchev–Trinajstić information content (AvgIpc) is 3.41. The molecule has 2 aliphatic heterocycles. The van der Waals surface area contributed by atoms with Crippen molar-refractivity contribution in [1.82, 2.24) is 14.8 Å². The number of benzene rings is 3. The smallest absolute Gasteiger partial charge is 0.475 e.